The van der Waals surface area contributed by atoms with Crippen molar-refractivity contribution in [2.45, 2.75) is 0 Å². The van der Waals surface area contributed by atoms with Crippen LogP contribution >= 0.6 is 0 Å². The molecule has 0 spiro atoms. The van der Waals surface area contributed by atoms with Gasteiger partial charge in [0.1, 0.15) is 11.4 Å². The molecule has 0 aliphatic heterocycles. The van der Waals surface area contributed by atoms with Crippen LogP contribution in [0.15, 0.2) is 42.5 Å². The van der Waals surface area contributed by atoms with E-state index in [1.807, 2.05) is 12.1 Å². The van der Waals surface area contributed by atoms with Crippen molar-refractivity contribution < 1.29 is 14.7 Å². The van der Waals surface area contributed by atoms with Gasteiger partial charge in [0.05, 0.1) is 17.0 Å². The van der Waals surface area contributed by atoms with Crippen LogP contribution in [0.5, 0.6) is 0 Å². The second kappa shape index (κ2) is 3.96. The highest BCUT2D eigenvalue weighted by Crippen LogP contribution is 2.34. The van der Waals surface area contributed by atoms with Crippen LogP contribution in [-0.4, -0.2) is 21.7 Å². The first-order valence-corrected chi connectivity index (χ1v) is 6.32. The molecule has 0 unspecified atom stereocenters. The van der Waals surface area contributed by atoms with Gasteiger partial charge in [-0.3, -0.25) is 4.79 Å². The van der Waals surface area contributed by atoms with Crippen molar-refractivity contribution in [1.82, 2.24) is 9.97 Å². The summed E-state index contributed by atoms with van der Waals surface area (Å²) in [6.45, 7) is 0. The number of fused-ring (bicyclic) bond motifs is 4. The van der Waals surface area contributed by atoms with Gasteiger partial charge in [0.25, 0.3) is 0 Å². The highest BCUT2D eigenvalue weighted by atomic mass is 16.4. The average molecular weight is 275 g/mol. The van der Waals surface area contributed by atoms with Gasteiger partial charge in [-0.25, -0.2) is 9.97 Å². The molecule has 2 aromatic carbocycles. The van der Waals surface area contributed by atoms with Crippen LogP contribution in [0.25, 0.3) is 22.3 Å². The van der Waals surface area contributed by atoms with Gasteiger partial charge in [-0.2, -0.15) is 0 Å². The molecular formula is C16H7N2O3-. The third-order valence-corrected chi connectivity index (χ3v) is 3.54. The second-order valence-corrected chi connectivity index (χ2v) is 4.79. The molecule has 0 N–H and O–H groups in total. The van der Waals surface area contributed by atoms with Crippen LogP contribution < -0.4 is 5.11 Å². The lowest BCUT2D eigenvalue weighted by Gasteiger charge is -2.05. The molecule has 0 radical (unpaired) electrons. The number of ketones is 1. The van der Waals surface area contributed by atoms with E-state index in [2.05, 4.69) is 9.97 Å². The van der Waals surface area contributed by atoms with Crippen LogP contribution in [0.3, 0.4) is 0 Å². The number of aromatic carboxylic acids is 1. The molecule has 1 aliphatic carbocycles. The highest BCUT2D eigenvalue weighted by molar-refractivity contribution is 6.20. The summed E-state index contributed by atoms with van der Waals surface area (Å²) in [4.78, 5) is 32.0. The van der Waals surface area contributed by atoms with Crippen LogP contribution in [0, 0.1) is 0 Å². The first kappa shape index (κ1) is 11.7. The van der Waals surface area contributed by atoms with Gasteiger partial charge in [0.2, 0.25) is 5.78 Å². The Hall–Kier alpha value is -3.08. The molecule has 21 heavy (non-hydrogen) atoms. The van der Waals surface area contributed by atoms with E-state index >= 15 is 0 Å². The Bertz CT molecular complexity index is 947. The van der Waals surface area contributed by atoms with E-state index in [-0.39, 0.29) is 11.3 Å². The van der Waals surface area contributed by atoms with Crippen LogP contribution in [0.4, 0.5) is 0 Å². The molecule has 100 valence electrons. The number of carbonyl (C=O) groups excluding carboxylic acids is 2. The number of hydrogen-bond acceptors (Lipinski definition) is 5. The van der Waals surface area contributed by atoms with Gasteiger partial charge in [-0.1, -0.05) is 30.3 Å². The van der Waals surface area contributed by atoms with Gasteiger partial charge in [0.15, 0.2) is 0 Å². The molecule has 0 amide bonds. The van der Waals surface area contributed by atoms with Crippen molar-refractivity contribution in [3.63, 3.8) is 0 Å². The van der Waals surface area contributed by atoms with Gasteiger partial charge < -0.3 is 9.90 Å². The van der Waals surface area contributed by atoms with Crippen LogP contribution in [-0.2, 0) is 0 Å². The zero-order valence-electron chi connectivity index (χ0n) is 10.7. The summed E-state index contributed by atoms with van der Waals surface area (Å²) in [7, 11) is 0. The predicted octanol–water partition coefficient (Wildman–Crippen LogP) is 1.20. The zero-order chi connectivity index (χ0) is 14.6. The molecule has 0 saturated heterocycles. The number of carbonyl (C=O) groups is 2. The maximum Gasteiger partial charge on any atom is 0.214 e. The Morgan fingerprint density at radius 2 is 1.62 bits per heavy atom. The molecule has 5 heteroatoms. The molecule has 5 nitrogen and oxygen atoms in total. The van der Waals surface area contributed by atoms with Crippen LogP contribution in [0.2, 0.25) is 0 Å². The minimum Gasteiger partial charge on any atom is -0.545 e. The molecule has 4 rings (SSSR count). The number of hydrogen-bond donors (Lipinski definition) is 0. The van der Waals surface area contributed by atoms with E-state index < -0.39 is 5.97 Å². The molecule has 1 aromatic heterocycles. The number of nitrogens with zero attached hydrogens (tertiary/aromatic N) is 2. The number of benzene rings is 2. The van der Waals surface area contributed by atoms with Gasteiger partial charge in [-0.05, 0) is 17.7 Å². The smallest absolute Gasteiger partial charge is 0.214 e. The summed E-state index contributed by atoms with van der Waals surface area (Å²) < 4.78 is 0. The van der Waals surface area contributed by atoms with E-state index in [0.717, 1.165) is 5.56 Å². The van der Waals surface area contributed by atoms with Crippen molar-refractivity contribution in [2.75, 3.05) is 0 Å². The Kier molecular flexibility index (Phi) is 2.21. The molecule has 1 heterocycles. The normalized spacial score (nSPS) is 12.3. The van der Waals surface area contributed by atoms with Crippen molar-refractivity contribution >= 4 is 22.8 Å². The Balaban J connectivity index is 2.04. The summed E-state index contributed by atoms with van der Waals surface area (Å²) in [6.07, 6.45) is 0. The van der Waals surface area contributed by atoms with Crippen molar-refractivity contribution in [3.05, 3.63) is 59.3 Å². The van der Waals surface area contributed by atoms with Crippen LogP contribution in [0.1, 0.15) is 26.4 Å². The van der Waals surface area contributed by atoms with Crippen molar-refractivity contribution in [3.8, 4) is 11.3 Å². The molecule has 1 aliphatic rings. The number of rotatable bonds is 1. The standard InChI is InChI=1S/C16H8N2O3/c19-15-10-4-2-1-3-9(10)13-14(15)17-11-6-5-8(16(20)21)7-12(11)18-13/h1-7H,(H,20,21)/p-1. The fourth-order valence-electron chi connectivity index (χ4n) is 2.54. The monoisotopic (exact) mass is 275 g/mol. The van der Waals surface area contributed by atoms with Crippen molar-refractivity contribution in [1.29, 1.82) is 0 Å². The summed E-state index contributed by atoms with van der Waals surface area (Å²) in [6, 6.07) is 11.5. The van der Waals surface area contributed by atoms with E-state index in [1.54, 1.807) is 12.1 Å². The predicted molar refractivity (Wildman–Crippen MR) is 72.7 cm³/mol. The molecule has 0 saturated carbocycles. The Morgan fingerprint density at radius 1 is 0.905 bits per heavy atom. The highest BCUT2D eigenvalue weighted by Gasteiger charge is 2.29. The van der Waals surface area contributed by atoms with Gasteiger partial charge >= 0.3 is 0 Å². The second-order valence-electron chi connectivity index (χ2n) is 4.79. The molecule has 0 bridgehead atoms. The summed E-state index contributed by atoms with van der Waals surface area (Å²) in [5.41, 5.74) is 3.06. The lowest BCUT2D eigenvalue weighted by atomic mass is 10.1. The summed E-state index contributed by atoms with van der Waals surface area (Å²) >= 11 is 0. The van der Waals surface area contributed by atoms with E-state index in [9.17, 15) is 14.7 Å². The van der Waals surface area contributed by atoms with Gasteiger partial charge in [-0.15, -0.1) is 0 Å². The van der Waals surface area contributed by atoms with E-state index in [4.69, 9.17) is 0 Å². The third-order valence-electron chi connectivity index (χ3n) is 3.54. The number of carboxylic acids is 1. The largest absolute Gasteiger partial charge is 0.545 e. The summed E-state index contributed by atoms with van der Waals surface area (Å²) in [5, 5.41) is 10.9. The minimum atomic E-state index is -1.27. The SMILES string of the molecule is O=C([O-])c1ccc2nc3c(nc2c1)-c1ccccc1C3=O. The fraction of sp³-hybridized carbons (Fsp3) is 0. The number of carboxylic acid groups (broad SMARTS) is 1. The lowest BCUT2D eigenvalue weighted by molar-refractivity contribution is -0.255. The lowest BCUT2D eigenvalue weighted by Crippen LogP contribution is -2.22. The first-order chi connectivity index (χ1) is 10.1. The van der Waals surface area contributed by atoms with E-state index in [0.29, 0.717) is 28.0 Å². The number of aromatic nitrogens is 2. The zero-order valence-corrected chi connectivity index (χ0v) is 10.7. The maximum atomic E-state index is 12.3. The molecule has 0 fully saturated rings. The van der Waals surface area contributed by atoms with Gasteiger partial charge in [0, 0.05) is 11.1 Å². The molecule has 3 aromatic rings. The van der Waals surface area contributed by atoms with Crippen molar-refractivity contribution in [2.24, 2.45) is 0 Å². The van der Waals surface area contributed by atoms with E-state index in [1.165, 1.54) is 18.2 Å². The third kappa shape index (κ3) is 1.57. The quantitative estimate of drug-likeness (QED) is 0.521. The topological polar surface area (TPSA) is 83.0 Å². The average Bonchev–Trinajstić information content (AvgIpc) is 2.78. The first-order valence-electron chi connectivity index (χ1n) is 6.32. The summed E-state index contributed by atoms with van der Waals surface area (Å²) in [5.74, 6) is -1.42. The molecule has 0 atom stereocenters. The minimum absolute atomic E-state index is 0.0364. The Labute approximate surface area is 118 Å². The maximum absolute atomic E-state index is 12.3. The molecular weight excluding hydrogens is 268 g/mol. The Morgan fingerprint density at radius 3 is 2.38 bits per heavy atom. The fourth-order valence-corrected chi connectivity index (χ4v) is 2.54.